The molecule has 1 heterocycles. The lowest BCUT2D eigenvalue weighted by Crippen LogP contribution is -2.11. The van der Waals surface area contributed by atoms with Crippen LogP contribution in [-0.4, -0.2) is 16.7 Å². The van der Waals surface area contributed by atoms with Crippen LogP contribution in [-0.2, 0) is 19.2 Å². The van der Waals surface area contributed by atoms with Gasteiger partial charge in [-0.1, -0.05) is 12.1 Å². The van der Waals surface area contributed by atoms with Gasteiger partial charge in [-0.05, 0) is 29.3 Å². The van der Waals surface area contributed by atoms with E-state index in [1.165, 1.54) is 12.1 Å². The number of aliphatic hydroxyl groups excluding tert-OH is 1. The lowest BCUT2D eigenvalue weighted by atomic mass is 10.1. The highest BCUT2D eigenvalue weighted by atomic mass is 19.4. The molecule has 1 N–H and O–H groups in total. The fourth-order valence-corrected chi connectivity index (χ4v) is 1.85. The number of benzene rings is 1. The minimum atomic E-state index is -4.52. The van der Waals surface area contributed by atoms with Crippen LogP contribution in [0.4, 0.5) is 13.2 Å². The van der Waals surface area contributed by atoms with E-state index in [0.29, 0.717) is 6.42 Å². The maximum Gasteiger partial charge on any atom is 0.419 e. The van der Waals surface area contributed by atoms with Crippen molar-refractivity contribution in [3.05, 3.63) is 59.4 Å². The Kier molecular flexibility index (Phi) is 4.80. The average molecular weight is 297 g/mol. The molecule has 0 spiro atoms. The average Bonchev–Trinajstić information content (AvgIpc) is 2.47. The predicted octanol–water partition coefficient (Wildman–Crippen LogP) is 3.21. The number of halogens is 3. The Bertz CT molecular complexity index is 585. The van der Waals surface area contributed by atoms with E-state index in [9.17, 15) is 13.2 Å². The maximum absolute atomic E-state index is 12.9. The quantitative estimate of drug-likeness (QED) is 0.921. The second-order valence-electron chi connectivity index (χ2n) is 4.45. The number of alkyl halides is 3. The first-order valence-corrected chi connectivity index (χ1v) is 6.33. The summed E-state index contributed by atoms with van der Waals surface area (Å²) in [4.78, 5) is 3.93. The van der Waals surface area contributed by atoms with Gasteiger partial charge in [0, 0.05) is 18.8 Å². The molecule has 1 aromatic carbocycles. The fourth-order valence-electron chi connectivity index (χ4n) is 1.85. The van der Waals surface area contributed by atoms with Crippen LogP contribution in [0, 0.1) is 0 Å². The molecule has 0 fully saturated rings. The van der Waals surface area contributed by atoms with Gasteiger partial charge in [-0.2, -0.15) is 13.2 Å². The number of hydrogen-bond acceptors (Lipinski definition) is 3. The molecule has 3 nitrogen and oxygen atoms in total. The lowest BCUT2D eigenvalue weighted by molar-refractivity contribution is -0.139. The third-order valence-electron chi connectivity index (χ3n) is 2.90. The van der Waals surface area contributed by atoms with Crippen molar-refractivity contribution < 1.29 is 23.0 Å². The van der Waals surface area contributed by atoms with E-state index in [-0.39, 0.29) is 17.9 Å². The fraction of sp³-hybridized carbons (Fsp3) is 0.267. The van der Waals surface area contributed by atoms with E-state index >= 15 is 0 Å². The van der Waals surface area contributed by atoms with Gasteiger partial charge in [-0.15, -0.1) is 0 Å². The number of ether oxygens (including phenoxy) is 1. The second kappa shape index (κ2) is 6.58. The molecule has 2 rings (SSSR count). The van der Waals surface area contributed by atoms with Crippen LogP contribution in [0.1, 0.15) is 16.7 Å². The predicted molar refractivity (Wildman–Crippen MR) is 70.8 cm³/mol. The zero-order chi connectivity index (χ0) is 15.3. The molecule has 2 aromatic rings. The molecule has 0 aliphatic rings. The highest BCUT2D eigenvalue weighted by Crippen LogP contribution is 2.36. The molecule has 0 amide bonds. The first-order chi connectivity index (χ1) is 10.0. The van der Waals surface area contributed by atoms with Crippen LogP contribution in [0.5, 0.6) is 5.75 Å². The summed E-state index contributed by atoms with van der Waals surface area (Å²) in [5.74, 6) is -0.233. The minimum absolute atomic E-state index is 0.118. The zero-order valence-corrected chi connectivity index (χ0v) is 11.1. The van der Waals surface area contributed by atoms with E-state index in [1.54, 1.807) is 18.5 Å². The third-order valence-corrected chi connectivity index (χ3v) is 2.90. The maximum atomic E-state index is 12.9. The van der Waals surface area contributed by atoms with Crippen molar-refractivity contribution in [1.82, 2.24) is 4.98 Å². The Hall–Kier alpha value is -2.08. The van der Waals surface area contributed by atoms with Gasteiger partial charge in [0.15, 0.2) is 0 Å². The third kappa shape index (κ3) is 4.19. The highest BCUT2D eigenvalue weighted by molar-refractivity contribution is 5.39. The number of pyridine rings is 1. The van der Waals surface area contributed by atoms with Gasteiger partial charge < -0.3 is 9.84 Å². The Morgan fingerprint density at radius 1 is 1.14 bits per heavy atom. The molecule has 0 aliphatic heterocycles. The summed E-state index contributed by atoms with van der Waals surface area (Å²) in [5.41, 5.74) is 0.209. The highest BCUT2D eigenvalue weighted by Gasteiger charge is 2.34. The van der Waals surface area contributed by atoms with Crippen LogP contribution >= 0.6 is 0 Å². The van der Waals surface area contributed by atoms with Crippen LogP contribution in [0.25, 0.3) is 0 Å². The van der Waals surface area contributed by atoms with Crippen LogP contribution in [0.3, 0.4) is 0 Å². The summed E-state index contributed by atoms with van der Waals surface area (Å²) in [6.45, 7) is -0.327. The van der Waals surface area contributed by atoms with Gasteiger partial charge in [0.1, 0.15) is 5.75 Å². The Morgan fingerprint density at radius 3 is 2.57 bits per heavy atom. The van der Waals surface area contributed by atoms with Crippen molar-refractivity contribution in [2.45, 2.75) is 19.2 Å². The van der Waals surface area contributed by atoms with Crippen LogP contribution < -0.4 is 4.74 Å². The molecular weight excluding hydrogens is 283 g/mol. The first kappa shape index (κ1) is 15.3. The summed E-state index contributed by atoms with van der Waals surface area (Å²) in [6.07, 6.45) is -0.787. The Labute approximate surface area is 120 Å². The standard InChI is InChI=1S/C15H14F3NO2/c16-15(17,18)13-8-12(10-20)3-4-14(13)21-7-5-11-2-1-6-19-9-11/h1-4,6,8-9,20H,5,7,10H2. The Balaban J connectivity index is 2.09. The number of aromatic nitrogens is 1. The molecule has 112 valence electrons. The molecule has 21 heavy (non-hydrogen) atoms. The minimum Gasteiger partial charge on any atom is -0.493 e. The van der Waals surface area contributed by atoms with E-state index in [2.05, 4.69) is 4.98 Å². The first-order valence-electron chi connectivity index (χ1n) is 6.33. The number of nitrogens with zero attached hydrogens (tertiary/aromatic N) is 1. The topological polar surface area (TPSA) is 42.4 Å². The summed E-state index contributed by atoms with van der Waals surface area (Å²) in [5, 5.41) is 8.93. The summed E-state index contributed by atoms with van der Waals surface area (Å²) in [7, 11) is 0. The van der Waals surface area contributed by atoms with Gasteiger partial charge in [0.05, 0.1) is 18.8 Å². The summed E-state index contributed by atoms with van der Waals surface area (Å²) >= 11 is 0. The number of rotatable bonds is 5. The molecule has 0 radical (unpaired) electrons. The van der Waals surface area contributed by atoms with Gasteiger partial charge in [0.25, 0.3) is 0 Å². The summed E-state index contributed by atoms with van der Waals surface area (Å²) < 4.78 is 44.1. The van der Waals surface area contributed by atoms with Crippen molar-refractivity contribution in [3.8, 4) is 5.75 Å². The van der Waals surface area contributed by atoms with Crippen LogP contribution in [0.2, 0.25) is 0 Å². The van der Waals surface area contributed by atoms with Crippen molar-refractivity contribution in [3.63, 3.8) is 0 Å². The normalized spacial score (nSPS) is 11.4. The second-order valence-corrected chi connectivity index (χ2v) is 4.45. The molecule has 0 saturated carbocycles. The number of hydrogen-bond donors (Lipinski definition) is 1. The SMILES string of the molecule is OCc1ccc(OCCc2cccnc2)c(C(F)(F)F)c1. The molecule has 1 aromatic heterocycles. The van der Waals surface area contributed by atoms with Crippen molar-refractivity contribution in [2.75, 3.05) is 6.61 Å². The summed E-state index contributed by atoms with van der Waals surface area (Å²) in [6, 6.07) is 7.13. The van der Waals surface area contributed by atoms with Gasteiger partial charge in [0.2, 0.25) is 0 Å². The van der Waals surface area contributed by atoms with Crippen molar-refractivity contribution in [2.24, 2.45) is 0 Å². The lowest BCUT2D eigenvalue weighted by Gasteiger charge is -2.15. The molecule has 0 atom stereocenters. The van der Waals surface area contributed by atoms with E-state index in [1.807, 2.05) is 6.07 Å². The van der Waals surface area contributed by atoms with Crippen molar-refractivity contribution >= 4 is 0 Å². The van der Waals surface area contributed by atoms with Gasteiger partial charge in [-0.3, -0.25) is 4.98 Å². The monoisotopic (exact) mass is 297 g/mol. The van der Waals surface area contributed by atoms with Crippen molar-refractivity contribution in [1.29, 1.82) is 0 Å². The molecular formula is C15H14F3NO2. The molecule has 0 saturated heterocycles. The largest absolute Gasteiger partial charge is 0.493 e. The molecule has 6 heteroatoms. The van der Waals surface area contributed by atoms with Crippen LogP contribution in [0.15, 0.2) is 42.7 Å². The van der Waals surface area contributed by atoms with E-state index in [0.717, 1.165) is 11.6 Å². The molecule has 0 unspecified atom stereocenters. The van der Waals surface area contributed by atoms with Gasteiger partial charge in [-0.25, -0.2) is 0 Å². The molecule has 0 bridgehead atoms. The van der Waals surface area contributed by atoms with E-state index in [4.69, 9.17) is 9.84 Å². The van der Waals surface area contributed by atoms with Gasteiger partial charge >= 0.3 is 6.18 Å². The molecule has 0 aliphatic carbocycles. The number of aliphatic hydroxyl groups is 1. The zero-order valence-electron chi connectivity index (χ0n) is 11.1. The smallest absolute Gasteiger partial charge is 0.419 e. The van der Waals surface area contributed by atoms with E-state index < -0.39 is 18.3 Å². The Morgan fingerprint density at radius 2 is 1.95 bits per heavy atom.